The Kier molecular flexibility index (Phi) is 5.25. The fourth-order valence-corrected chi connectivity index (χ4v) is 4.20. The van der Waals surface area contributed by atoms with E-state index >= 15 is 0 Å². The molecule has 28 heavy (non-hydrogen) atoms. The van der Waals surface area contributed by atoms with Gasteiger partial charge in [0.1, 0.15) is 0 Å². The minimum Gasteiger partial charge on any atom is -0.343 e. The molecule has 6 nitrogen and oxygen atoms in total. The number of likely N-dealkylation sites (tertiary alicyclic amines) is 1. The molecule has 0 saturated carbocycles. The van der Waals surface area contributed by atoms with E-state index in [0.29, 0.717) is 40.1 Å². The molecule has 1 aromatic carbocycles. The average molecular weight is 418 g/mol. The first kappa shape index (κ1) is 19.2. The summed E-state index contributed by atoms with van der Waals surface area (Å²) in [4.78, 5) is 23.5. The lowest BCUT2D eigenvalue weighted by atomic mass is 10.1. The maximum atomic E-state index is 12.4. The molecule has 1 saturated heterocycles. The highest BCUT2D eigenvalue weighted by Crippen LogP contribution is 2.29. The fourth-order valence-electron chi connectivity index (χ4n) is 3.71. The molecular formula is C20H21Cl2N5O. The largest absolute Gasteiger partial charge is 0.343 e. The van der Waals surface area contributed by atoms with Crippen LogP contribution in [0.15, 0.2) is 18.2 Å². The number of hydrogen-bond acceptors (Lipinski definition) is 4. The number of rotatable bonds is 4. The molecule has 4 rings (SSSR count). The van der Waals surface area contributed by atoms with Gasteiger partial charge in [-0.2, -0.15) is 4.98 Å². The van der Waals surface area contributed by atoms with Crippen molar-refractivity contribution in [1.82, 2.24) is 24.5 Å². The molecule has 1 amide bonds. The van der Waals surface area contributed by atoms with E-state index in [-0.39, 0.29) is 5.91 Å². The number of aromatic nitrogens is 4. The van der Waals surface area contributed by atoms with Gasteiger partial charge in [0.05, 0.1) is 5.02 Å². The van der Waals surface area contributed by atoms with Crippen LogP contribution in [0.4, 0.5) is 0 Å². The molecular weight excluding hydrogens is 397 g/mol. The minimum atomic E-state index is 0.212. The van der Waals surface area contributed by atoms with Crippen molar-refractivity contribution in [1.29, 1.82) is 0 Å². The number of halogens is 2. The zero-order chi connectivity index (χ0) is 19.8. The summed E-state index contributed by atoms with van der Waals surface area (Å²) in [6.07, 6.45) is 3.34. The smallest absolute Gasteiger partial charge is 0.253 e. The molecule has 0 spiro atoms. The van der Waals surface area contributed by atoms with Gasteiger partial charge < -0.3 is 4.90 Å². The summed E-state index contributed by atoms with van der Waals surface area (Å²) < 4.78 is 1.73. The van der Waals surface area contributed by atoms with Crippen LogP contribution in [0.3, 0.4) is 0 Å². The van der Waals surface area contributed by atoms with Gasteiger partial charge in [-0.15, -0.1) is 5.10 Å². The lowest BCUT2D eigenvalue weighted by Gasteiger charge is -2.16. The van der Waals surface area contributed by atoms with Gasteiger partial charge in [-0.25, -0.2) is 9.50 Å². The van der Waals surface area contributed by atoms with Crippen LogP contribution in [0.25, 0.3) is 17.2 Å². The second kappa shape index (κ2) is 7.68. The van der Waals surface area contributed by atoms with Gasteiger partial charge in [0.2, 0.25) is 5.91 Å². The van der Waals surface area contributed by atoms with E-state index in [9.17, 15) is 4.79 Å². The third-order valence-corrected chi connectivity index (χ3v) is 5.82. The Bertz CT molecular complexity index is 1060. The third-order valence-electron chi connectivity index (χ3n) is 5.27. The number of benzene rings is 1. The first-order valence-corrected chi connectivity index (χ1v) is 10.2. The van der Waals surface area contributed by atoms with Crippen molar-refractivity contribution in [2.24, 2.45) is 0 Å². The van der Waals surface area contributed by atoms with Crippen LogP contribution in [0, 0.1) is 13.8 Å². The van der Waals surface area contributed by atoms with E-state index in [2.05, 4.69) is 15.1 Å². The predicted molar refractivity (Wildman–Crippen MR) is 110 cm³/mol. The Labute approximate surface area is 173 Å². The number of carbonyl (C=O) groups excluding carboxylic acids is 1. The highest BCUT2D eigenvalue weighted by Gasteiger charge is 2.20. The van der Waals surface area contributed by atoms with Crippen LogP contribution >= 0.6 is 23.2 Å². The normalized spacial score (nSPS) is 14.2. The molecule has 1 aliphatic heterocycles. The van der Waals surface area contributed by atoms with E-state index in [1.54, 1.807) is 22.7 Å². The van der Waals surface area contributed by atoms with Gasteiger partial charge in [-0.3, -0.25) is 4.79 Å². The molecule has 0 atom stereocenters. The summed E-state index contributed by atoms with van der Waals surface area (Å²) >= 11 is 12.3. The first-order valence-electron chi connectivity index (χ1n) is 9.40. The maximum absolute atomic E-state index is 12.4. The summed E-state index contributed by atoms with van der Waals surface area (Å²) in [6.45, 7) is 5.69. The van der Waals surface area contributed by atoms with Gasteiger partial charge >= 0.3 is 0 Å². The summed E-state index contributed by atoms with van der Waals surface area (Å²) in [5.74, 6) is 1.23. The molecule has 3 heterocycles. The first-order chi connectivity index (χ1) is 13.4. The topological polar surface area (TPSA) is 63.4 Å². The Morgan fingerprint density at radius 1 is 1.14 bits per heavy atom. The third kappa shape index (κ3) is 3.59. The van der Waals surface area contributed by atoms with Crippen molar-refractivity contribution in [2.45, 2.75) is 39.5 Å². The van der Waals surface area contributed by atoms with Crippen molar-refractivity contribution in [3.05, 3.63) is 45.2 Å². The highest BCUT2D eigenvalue weighted by atomic mass is 35.5. The van der Waals surface area contributed by atoms with Crippen LogP contribution in [-0.2, 0) is 11.2 Å². The number of nitrogens with zero attached hydrogens (tertiary/aromatic N) is 5. The zero-order valence-electron chi connectivity index (χ0n) is 15.9. The molecule has 0 radical (unpaired) electrons. The van der Waals surface area contributed by atoms with Gasteiger partial charge in [-0.1, -0.05) is 23.2 Å². The highest BCUT2D eigenvalue weighted by molar-refractivity contribution is 6.36. The molecule has 2 aromatic heterocycles. The minimum absolute atomic E-state index is 0.212. The number of amides is 1. The monoisotopic (exact) mass is 417 g/mol. The van der Waals surface area contributed by atoms with E-state index in [1.807, 2.05) is 18.7 Å². The molecule has 8 heteroatoms. The Morgan fingerprint density at radius 2 is 1.89 bits per heavy atom. The van der Waals surface area contributed by atoms with Gasteiger partial charge in [-0.05, 0) is 56.9 Å². The Balaban J connectivity index is 1.64. The summed E-state index contributed by atoms with van der Waals surface area (Å²) in [5.41, 5.74) is 3.57. The number of fused-ring (bicyclic) bond motifs is 1. The van der Waals surface area contributed by atoms with E-state index in [1.165, 1.54) is 0 Å². The summed E-state index contributed by atoms with van der Waals surface area (Å²) in [7, 11) is 0. The predicted octanol–water partition coefficient (Wildman–Crippen LogP) is 4.27. The average Bonchev–Trinajstić information content (AvgIpc) is 3.31. The lowest BCUT2D eigenvalue weighted by molar-refractivity contribution is -0.130. The van der Waals surface area contributed by atoms with Crippen molar-refractivity contribution in [3.8, 4) is 11.4 Å². The van der Waals surface area contributed by atoms with Crippen LogP contribution < -0.4 is 0 Å². The van der Waals surface area contributed by atoms with Gasteiger partial charge in [0.15, 0.2) is 5.82 Å². The fraction of sp³-hybridized carbons (Fsp3) is 0.400. The second-order valence-electron chi connectivity index (χ2n) is 7.12. The van der Waals surface area contributed by atoms with E-state index < -0.39 is 0 Å². The molecule has 0 unspecified atom stereocenters. The Morgan fingerprint density at radius 3 is 2.61 bits per heavy atom. The van der Waals surface area contributed by atoms with Crippen molar-refractivity contribution in [3.63, 3.8) is 0 Å². The SMILES string of the molecule is Cc1nc2nc(-c3ccc(Cl)cc3Cl)nn2c(C)c1CCC(=O)N1CCCC1. The zero-order valence-corrected chi connectivity index (χ0v) is 17.4. The van der Waals surface area contributed by atoms with Crippen LogP contribution in [0.2, 0.25) is 10.0 Å². The number of aryl methyl sites for hydroxylation is 2. The van der Waals surface area contributed by atoms with E-state index in [0.717, 1.165) is 42.9 Å². The molecule has 1 aliphatic rings. The molecule has 3 aromatic rings. The quantitative estimate of drug-likeness (QED) is 0.635. The van der Waals surface area contributed by atoms with Gasteiger partial charge in [0.25, 0.3) is 5.78 Å². The van der Waals surface area contributed by atoms with E-state index in [4.69, 9.17) is 23.2 Å². The summed E-state index contributed by atoms with van der Waals surface area (Å²) in [6, 6.07) is 5.23. The van der Waals surface area contributed by atoms with Gasteiger partial charge in [0, 0.05) is 41.5 Å². The number of carbonyl (C=O) groups is 1. The lowest BCUT2D eigenvalue weighted by Crippen LogP contribution is -2.28. The number of hydrogen-bond donors (Lipinski definition) is 0. The van der Waals surface area contributed by atoms with Crippen LogP contribution in [0.5, 0.6) is 0 Å². The summed E-state index contributed by atoms with van der Waals surface area (Å²) in [5, 5.41) is 5.66. The molecule has 0 aliphatic carbocycles. The molecule has 146 valence electrons. The van der Waals surface area contributed by atoms with Crippen molar-refractivity contribution < 1.29 is 4.79 Å². The molecule has 1 fully saturated rings. The Hall–Kier alpha value is -2.18. The second-order valence-corrected chi connectivity index (χ2v) is 7.96. The van der Waals surface area contributed by atoms with Crippen molar-refractivity contribution >= 4 is 34.9 Å². The van der Waals surface area contributed by atoms with Crippen LogP contribution in [-0.4, -0.2) is 43.5 Å². The maximum Gasteiger partial charge on any atom is 0.253 e. The molecule has 0 N–H and O–H groups in total. The van der Waals surface area contributed by atoms with Crippen molar-refractivity contribution in [2.75, 3.05) is 13.1 Å². The standard InChI is InChI=1S/C20H21Cl2N5O/c1-12-15(7-8-18(28)26-9-3-4-10-26)13(2)27-20(23-12)24-19(25-27)16-6-5-14(21)11-17(16)22/h5-6,11H,3-4,7-10H2,1-2H3. The molecule has 0 bridgehead atoms. The van der Waals surface area contributed by atoms with Crippen LogP contribution in [0.1, 0.15) is 36.2 Å².